The predicted molar refractivity (Wildman–Crippen MR) is 77.2 cm³/mol. The van der Waals surface area contributed by atoms with E-state index in [9.17, 15) is 31.2 Å². The summed E-state index contributed by atoms with van der Waals surface area (Å²) in [7, 11) is -4.21. The summed E-state index contributed by atoms with van der Waals surface area (Å²) in [5.74, 6) is -0.585. The predicted octanol–water partition coefficient (Wildman–Crippen LogP) is 1.71. The molecule has 3 rings (SSSR count). The summed E-state index contributed by atoms with van der Waals surface area (Å²) >= 11 is 5.48. The first-order chi connectivity index (χ1) is 11.5. The molecule has 2 saturated heterocycles. The van der Waals surface area contributed by atoms with Crippen LogP contribution in [0, 0.1) is 0 Å². The number of hydrogen-bond acceptors (Lipinski definition) is 5. The van der Waals surface area contributed by atoms with E-state index in [1.54, 1.807) is 0 Å². The summed E-state index contributed by atoms with van der Waals surface area (Å²) in [5.41, 5.74) is -1.26. The Morgan fingerprint density at radius 3 is 2.36 bits per heavy atom. The number of nitrogens with zero attached hydrogens (tertiary/aromatic N) is 2. The van der Waals surface area contributed by atoms with Crippen molar-refractivity contribution >= 4 is 33.6 Å². The summed E-state index contributed by atoms with van der Waals surface area (Å²) < 4.78 is 68.9. The molecule has 2 aliphatic rings. The fourth-order valence-corrected chi connectivity index (χ4v) is 4.29. The monoisotopic (exact) mass is 398 g/mol. The van der Waals surface area contributed by atoms with Crippen LogP contribution < -0.4 is 0 Å². The van der Waals surface area contributed by atoms with Crippen LogP contribution in [0.2, 0.25) is 5.02 Å². The highest BCUT2D eigenvalue weighted by Crippen LogP contribution is 2.37. The van der Waals surface area contributed by atoms with Crippen LogP contribution in [0.15, 0.2) is 23.1 Å². The number of carbonyl (C=O) groups excluding carboxylic acids is 2. The van der Waals surface area contributed by atoms with Gasteiger partial charge in [-0.25, -0.2) is 18.1 Å². The molecule has 25 heavy (non-hydrogen) atoms. The summed E-state index contributed by atoms with van der Waals surface area (Å²) in [6, 6.07) is 1.58. The van der Waals surface area contributed by atoms with Gasteiger partial charge in [-0.15, -0.1) is 0 Å². The molecule has 0 bridgehead atoms. The Bertz CT molecular complexity index is 836. The maximum Gasteiger partial charge on any atom is 0.417 e. The topological polar surface area (TPSA) is 84.0 Å². The summed E-state index contributed by atoms with van der Waals surface area (Å²) in [5, 5.41) is -0.613. The molecule has 136 valence electrons. The van der Waals surface area contributed by atoms with E-state index in [1.807, 2.05) is 0 Å². The van der Waals surface area contributed by atoms with Gasteiger partial charge in [0, 0.05) is 13.1 Å². The molecular formula is C13H10ClF3N2O5S. The Balaban J connectivity index is 1.80. The maximum absolute atomic E-state index is 12.9. The molecular weight excluding hydrogens is 389 g/mol. The van der Waals surface area contributed by atoms with Crippen LogP contribution in [0.3, 0.4) is 0 Å². The van der Waals surface area contributed by atoms with Gasteiger partial charge in [-0.1, -0.05) is 11.6 Å². The Morgan fingerprint density at radius 2 is 1.84 bits per heavy atom. The molecule has 7 nitrogen and oxygen atoms in total. The number of cyclic esters (lactones) is 1. The van der Waals surface area contributed by atoms with Crippen LogP contribution in [0.5, 0.6) is 0 Å². The van der Waals surface area contributed by atoms with Crippen LogP contribution in [0.1, 0.15) is 5.56 Å². The van der Waals surface area contributed by atoms with Crippen LogP contribution in [0.4, 0.5) is 18.0 Å². The fourth-order valence-electron chi connectivity index (χ4n) is 2.52. The van der Waals surface area contributed by atoms with Gasteiger partial charge in [0.1, 0.15) is 0 Å². The fraction of sp³-hybridized carbons (Fsp3) is 0.385. The number of sulfonamides is 1. The van der Waals surface area contributed by atoms with Crippen molar-refractivity contribution in [1.29, 1.82) is 0 Å². The van der Waals surface area contributed by atoms with Gasteiger partial charge in [-0.05, 0) is 18.2 Å². The van der Waals surface area contributed by atoms with Crippen LogP contribution >= 0.6 is 11.6 Å². The molecule has 0 N–H and O–H groups in total. The maximum atomic E-state index is 12.9. The number of rotatable bonds is 3. The zero-order valence-electron chi connectivity index (χ0n) is 12.3. The highest BCUT2D eigenvalue weighted by molar-refractivity contribution is 7.89. The van der Waals surface area contributed by atoms with Gasteiger partial charge >= 0.3 is 12.3 Å². The number of imide groups is 1. The first kappa shape index (κ1) is 18.0. The van der Waals surface area contributed by atoms with Crippen molar-refractivity contribution in [3.63, 3.8) is 0 Å². The van der Waals surface area contributed by atoms with E-state index >= 15 is 0 Å². The molecule has 0 saturated carbocycles. The molecule has 2 heterocycles. The van der Waals surface area contributed by atoms with Crippen molar-refractivity contribution in [1.82, 2.24) is 9.21 Å². The lowest BCUT2D eigenvalue weighted by atomic mass is 10.1. The van der Waals surface area contributed by atoms with Crippen LogP contribution in [-0.2, 0) is 25.7 Å². The molecule has 0 unspecified atom stereocenters. The number of halogens is 4. The van der Waals surface area contributed by atoms with E-state index in [0.717, 1.165) is 21.3 Å². The number of alkyl halides is 3. The lowest BCUT2D eigenvalue weighted by Crippen LogP contribution is -2.62. The molecule has 2 aliphatic heterocycles. The average molecular weight is 399 g/mol. The van der Waals surface area contributed by atoms with Crippen molar-refractivity contribution in [2.24, 2.45) is 0 Å². The number of amides is 2. The minimum atomic E-state index is -4.80. The summed E-state index contributed by atoms with van der Waals surface area (Å²) in [6.07, 6.45) is -5.66. The molecule has 1 aromatic carbocycles. The van der Waals surface area contributed by atoms with E-state index in [1.165, 1.54) is 0 Å². The Morgan fingerprint density at radius 1 is 1.20 bits per heavy atom. The second-order valence-electron chi connectivity index (χ2n) is 5.43. The first-order valence-electron chi connectivity index (χ1n) is 6.87. The van der Waals surface area contributed by atoms with Gasteiger partial charge in [-0.3, -0.25) is 4.79 Å². The van der Waals surface area contributed by atoms with Crippen LogP contribution in [-0.4, -0.2) is 55.4 Å². The van der Waals surface area contributed by atoms with Gasteiger partial charge in [-0.2, -0.15) is 17.5 Å². The lowest BCUT2D eigenvalue weighted by molar-refractivity contribution is -0.137. The van der Waals surface area contributed by atoms with Gasteiger partial charge in [0.05, 0.1) is 21.5 Å². The minimum absolute atomic E-state index is 0.215. The Labute approximate surface area is 144 Å². The Kier molecular flexibility index (Phi) is 4.20. The normalized spacial score (nSPS) is 19.9. The van der Waals surface area contributed by atoms with Crippen molar-refractivity contribution < 1.29 is 35.9 Å². The molecule has 1 aromatic rings. The third kappa shape index (κ3) is 3.07. The summed E-state index contributed by atoms with van der Waals surface area (Å²) in [6.45, 7) is -0.839. The third-order valence-electron chi connectivity index (χ3n) is 3.86. The van der Waals surface area contributed by atoms with Crippen molar-refractivity contribution in [2.75, 3.05) is 19.7 Å². The van der Waals surface area contributed by atoms with E-state index in [2.05, 4.69) is 4.74 Å². The van der Waals surface area contributed by atoms with Gasteiger partial charge in [0.2, 0.25) is 10.0 Å². The number of carbonyl (C=O) groups is 2. The highest BCUT2D eigenvalue weighted by atomic mass is 35.5. The van der Waals surface area contributed by atoms with Gasteiger partial charge in [0.25, 0.3) is 5.91 Å². The van der Waals surface area contributed by atoms with Gasteiger partial charge in [0.15, 0.2) is 6.61 Å². The standard InChI is InChI=1S/C13H10ClF3N2O5S/c14-10-2-1-8(3-9(10)13(15,16)17)25(22,23)18-4-7(5-18)19-11(20)6-24-12(19)21/h1-3,7H,4-6H2. The molecule has 12 heteroatoms. The zero-order chi connectivity index (χ0) is 18.6. The van der Waals surface area contributed by atoms with Crippen LogP contribution in [0.25, 0.3) is 0 Å². The first-order valence-corrected chi connectivity index (χ1v) is 8.69. The molecule has 0 aliphatic carbocycles. The zero-order valence-corrected chi connectivity index (χ0v) is 13.9. The number of benzene rings is 1. The van der Waals surface area contributed by atoms with E-state index < -0.39 is 56.3 Å². The van der Waals surface area contributed by atoms with Crippen molar-refractivity contribution in [3.05, 3.63) is 28.8 Å². The number of ether oxygens (including phenoxy) is 1. The molecule has 2 amide bonds. The smallest absolute Gasteiger partial charge is 0.417 e. The molecule has 0 radical (unpaired) electrons. The largest absolute Gasteiger partial charge is 0.439 e. The highest BCUT2D eigenvalue weighted by Gasteiger charge is 2.47. The second-order valence-corrected chi connectivity index (χ2v) is 7.78. The average Bonchev–Trinajstić information content (AvgIpc) is 2.76. The second kappa shape index (κ2) is 5.85. The van der Waals surface area contributed by atoms with E-state index in [4.69, 9.17) is 11.6 Å². The van der Waals surface area contributed by atoms with Gasteiger partial charge < -0.3 is 4.74 Å². The Hall–Kier alpha value is -1.85. The summed E-state index contributed by atoms with van der Waals surface area (Å²) in [4.78, 5) is 23.2. The van der Waals surface area contributed by atoms with E-state index in [0.29, 0.717) is 6.07 Å². The minimum Gasteiger partial charge on any atom is -0.439 e. The third-order valence-corrected chi connectivity index (χ3v) is 6.02. The molecule has 2 fully saturated rings. The van der Waals surface area contributed by atoms with Crippen molar-refractivity contribution in [3.8, 4) is 0 Å². The quantitative estimate of drug-likeness (QED) is 0.774. The molecule has 0 spiro atoms. The number of hydrogen-bond donors (Lipinski definition) is 0. The molecule has 0 atom stereocenters. The molecule has 0 aromatic heterocycles. The SMILES string of the molecule is O=C1COC(=O)N1C1CN(S(=O)(=O)c2ccc(Cl)c(C(F)(F)F)c2)C1. The van der Waals surface area contributed by atoms with E-state index in [-0.39, 0.29) is 13.1 Å². The lowest BCUT2D eigenvalue weighted by Gasteiger charge is -2.40. The van der Waals surface area contributed by atoms with Crippen molar-refractivity contribution in [2.45, 2.75) is 17.1 Å².